The third-order valence-corrected chi connectivity index (χ3v) is 5.34. The maximum atomic E-state index is 11.7. The molecular weight excluding hydrogens is 360 g/mol. The van der Waals surface area contributed by atoms with Crippen LogP contribution >= 0.6 is 0 Å². The lowest BCUT2D eigenvalue weighted by molar-refractivity contribution is -0.138. The molecule has 0 aliphatic rings. The van der Waals surface area contributed by atoms with Gasteiger partial charge >= 0.3 is 5.97 Å². The molecule has 0 unspecified atom stereocenters. The van der Waals surface area contributed by atoms with Crippen LogP contribution in [0.5, 0.6) is 5.75 Å². The summed E-state index contributed by atoms with van der Waals surface area (Å²) >= 11 is 0. The first kappa shape index (κ1) is 25.3. The Balaban J connectivity index is 1.83. The quantitative estimate of drug-likeness (QED) is 0.153. The van der Waals surface area contributed by atoms with Crippen LogP contribution in [0.15, 0.2) is 30.5 Å². The van der Waals surface area contributed by atoms with E-state index in [-0.39, 0.29) is 11.7 Å². The molecule has 0 radical (unpaired) electrons. The molecule has 1 aromatic rings. The number of phenols is 1. The predicted molar refractivity (Wildman–Crippen MR) is 123 cm³/mol. The minimum atomic E-state index is -0.172. The molecule has 0 aliphatic heterocycles. The summed E-state index contributed by atoms with van der Waals surface area (Å²) in [5, 5.41) is 9.22. The zero-order valence-corrected chi connectivity index (χ0v) is 18.5. The van der Waals surface area contributed by atoms with Gasteiger partial charge in [-0.15, -0.1) is 0 Å². The molecule has 0 spiro atoms. The Morgan fingerprint density at radius 3 is 1.69 bits per heavy atom. The number of benzene rings is 1. The lowest BCUT2D eigenvalue weighted by Gasteiger charge is -2.03. The molecule has 3 heteroatoms. The number of unbranched alkanes of at least 4 members (excludes halogenated alkanes) is 14. The number of phenolic OH excluding ortho intramolecular Hbond substituents is 1. The highest BCUT2D eigenvalue weighted by Crippen LogP contribution is 2.14. The standard InChI is InChI=1S/C26H42O3/c1-2-3-4-5-6-7-8-9-10-11-12-13-14-15-16-17-26(28)29-23-22-24-18-20-25(27)21-19-24/h18-23,27H,2-17H2,1H3. The highest BCUT2D eigenvalue weighted by Gasteiger charge is 2.01. The zero-order chi connectivity index (χ0) is 21.0. The van der Waals surface area contributed by atoms with E-state index in [0.717, 1.165) is 18.4 Å². The van der Waals surface area contributed by atoms with Crippen LogP contribution < -0.4 is 0 Å². The van der Waals surface area contributed by atoms with E-state index in [9.17, 15) is 9.90 Å². The fourth-order valence-electron chi connectivity index (χ4n) is 3.47. The van der Waals surface area contributed by atoms with E-state index < -0.39 is 0 Å². The number of aromatic hydroxyl groups is 1. The third kappa shape index (κ3) is 15.8. The Morgan fingerprint density at radius 1 is 0.759 bits per heavy atom. The van der Waals surface area contributed by atoms with Gasteiger partial charge in [-0.2, -0.15) is 0 Å². The minimum absolute atomic E-state index is 0.172. The van der Waals surface area contributed by atoms with Crippen LogP contribution in [0.4, 0.5) is 0 Å². The van der Waals surface area contributed by atoms with Crippen molar-refractivity contribution in [3.63, 3.8) is 0 Å². The molecule has 0 saturated carbocycles. The van der Waals surface area contributed by atoms with Gasteiger partial charge in [0.25, 0.3) is 0 Å². The van der Waals surface area contributed by atoms with Crippen LogP contribution in [0.2, 0.25) is 0 Å². The second-order valence-electron chi connectivity index (χ2n) is 8.08. The van der Waals surface area contributed by atoms with Crippen molar-refractivity contribution in [3.8, 4) is 5.75 Å². The third-order valence-electron chi connectivity index (χ3n) is 5.34. The normalized spacial score (nSPS) is 11.2. The maximum absolute atomic E-state index is 11.7. The Hall–Kier alpha value is -1.77. The Morgan fingerprint density at radius 2 is 1.21 bits per heavy atom. The Kier molecular flexibility index (Phi) is 15.9. The molecule has 0 fully saturated rings. The van der Waals surface area contributed by atoms with Gasteiger partial charge < -0.3 is 9.84 Å². The van der Waals surface area contributed by atoms with E-state index in [4.69, 9.17) is 4.74 Å². The summed E-state index contributed by atoms with van der Waals surface area (Å²) in [6, 6.07) is 6.76. The number of rotatable bonds is 18. The summed E-state index contributed by atoms with van der Waals surface area (Å²) in [4.78, 5) is 11.7. The topological polar surface area (TPSA) is 46.5 Å². The predicted octanol–water partition coefficient (Wildman–Crippen LogP) is 8.17. The molecule has 1 N–H and O–H groups in total. The van der Waals surface area contributed by atoms with Crippen LogP contribution in [0.1, 0.15) is 115 Å². The van der Waals surface area contributed by atoms with Crippen molar-refractivity contribution >= 4 is 12.0 Å². The van der Waals surface area contributed by atoms with Crippen molar-refractivity contribution in [2.24, 2.45) is 0 Å². The lowest BCUT2D eigenvalue weighted by atomic mass is 10.0. The number of esters is 1. The Labute approximate surface area is 178 Å². The van der Waals surface area contributed by atoms with Gasteiger partial charge in [0.15, 0.2) is 0 Å². The average molecular weight is 403 g/mol. The molecule has 164 valence electrons. The van der Waals surface area contributed by atoms with E-state index in [1.165, 1.54) is 89.7 Å². The van der Waals surface area contributed by atoms with Gasteiger partial charge in [-0.25, -0.2) is 0 Å². The number of ether oxygens (including phenoxy) is 1. The van der Waals surface area contributed by atoms with Crippen LogP contribution in [0.25, 0.3) is 6.08 Å². The summed E-state index contributed by atoms with van der Waals surface area (Å²) in [6.45, 7) is 2.27. The van der Waals surface area contributed by atoms with Crippen LogP contribution in [0, 0.1) is 0 Å². The van der Waals surface area contributed by atoms with Gasteiger partial charge in [0.05, 0.1) is 6.26 Å². The molecule has 29 heavy (non-hydrogen) atoms. The van der Waals surface area contributed by atoms with Gasteiger partial charge in [-0.05, 0) is 30.2 Å². The van der Waals surface area contributed by atoms with Crippen LogP contribution in [0.3, 0.4) is 0 Å². The monoisotopic (exact) mass is 402 g/mol. The van der Waals surface area contributed by atoms with Crippen molar-refractivity contribution in [3.05, 3.63) is 36.1 Å². The minimum Gasteiger partial charge on any atom is -0.508 e. The fourth-order valence-corrected chi connectivity index (χ4v) is 3.47. The molecule has 0 saturated heterocycles. The molecule has 0 amide bonds. The molecule has 0 heterocycles. The first-order chi connectivity index (χ1) is 14.2. The van der Waals surface area contributed by atoms with Gasteiger partial charge in [0, 0.05) is 6.42 Å². The highest BCUT2D eigenvalue weighted by atomic mass is 16.5. The molecule has 1 rings (SSSR count). The molecule has 0 atom stereocenters. The van der Waals surface area contributed by atoms with Gasteiger partial charge in [-0.1, -0.05) is 109 Å². The van der Waals surface area contributed by atoms with Crippen molar-refractivity contribution in [1.82, 2.24) is 0 Å². The van der Waals surface area contributed by atoms with E-state index in [0.29, 0.717) is 6.42 Å². The van der Waals surface area contributed by atoms with Crippen molar-refractivity contribution in [2.45, 2.75) is 110 Å². The zero-order valence-electron chi connectivity index (χ0n) is 18.5. The Bertz CT molecular complexity index is 533. The lowest BCUT2D eigenvalue weighted by Crippen LogP contribution is -1.98. The first-order valence-electron chi connectivity index (χ1n) is 11.9. The SMILES string of the molecule is CCCCCCCCCCCCCCCCCC(=O)OC=Cc1ccc(O)cc1. The second kappa shape index (κ2) is 18.3. The molecule has 3 nitrogen and oxygen atoms in total. The van der Waals surface area contributed by atoms with Crippen molar-refractivity contribution < 1.29 is 14.6 Å². The average Bonchev–Trinajstić information content (AvgIpc) is 2.72. The highest BCUT2D eigenvalue weighted by molar-refractivity contribution is 5.70. The maximum Gasteiger partial charge on any atom is 0.310 e. The number of carbonyl (C=O) groups excluding carboxylic acids is 1. The summed E-state index contributed by atoms with van der Waals surface area (Å²) in [6.07, 6.45) is 23.5. The molecule has 1 aromatic carbocycles. The van der Waals surface area contributed by atoms with Crippen LogP contribution in [-0.2, 0) is 9.53 Å². The van der Waals surface area contributed by atoms with Gasteiger partial charge in [-0.3, -0.25) is 4.79 Å². The van der Waals surface area contributed by atoms with E-state index in [1.54, 1.807) is 30.3 Å². The summed E-state index contributed by atoms with van der Waals surface area (Å²) in [5.41, 5.74) is 0.891. The van der Waals surface area contributed by atoms with Crippen molar-refractivity contribution in [1.29, 1.82) is 0 Å². The van der Waals surface area contributed by atoms with E-state index in [2.05, 4.69) is 6.92 Å². The number of hydrogen-bond acceptors (Lipinski definition) is 3. The molecule has 0 aliphatic carbocycles. The summed E-state index contributed by atoms with van der Waals surface area (Å²) in [5.74, 6) is 0.0574. The van der Waals surface area contributed by atoms with Gasteiger partial charge in [0.1, 0.15) is 5.75 Å². The number of carbonyl (C=O) groups is 1. The summed E-state index contributed by atoms with van der Waals surface area (Å²) in [7, 11) is 0. The van der Waals surface area contributed by atoms with E-state index >= 15 is 0 Å². The molecule has 0 bridgehead atoms. The molecule has 0 aromatic heterocycles. The smallest absolute Gasteiger partial charge is 0.310 e. The van der Waals surface area contributed by atoms with Crippen molar-refractivity contribution in [2.75, 3.05) is 0 Å². The fraction of sp³-hybridized carbons (Fsp3) is 0.654. The van der Waals surface area contributed by atoms with Crippen LogP contribution in [-0.4, -0.2) is 11.1 Å². The first-order valence-corrected chi connectivity index (χ1v) is 11.9. The number of hydrogen-bond donors (Lipinski definition) is 1. The molecular formula is C26H42O3. The second-order valence-corrected chi connectivity index (χ2v) is 8.08. The summed E-state index contributed by atoms with van der Waals surface area (Å²) < 4.78 is 5.11. The van der Waals surface area contributed by atoms with E-state index in [1.807, 2.05) is 0 Å². The van der Waals surface area contributed by atoms with Gasteiger partial charge in [0.2, 0.25) is 0 Å². The largest absolute Gasteiger partial charge is 0.508 e.